The Bertz CT molecular complexity index is 1530. The molecule has 2 aromatic carbocycles. The van der Waals surface area contributed by atoms with Crippen molar-refractivity contribution in [3.63, 3.8) is 0 Å². The first kappa shape index (κ1) is 27.7. The molecule has 1 aliphatic rings. The van der Waals surface area contributed by atoms with Crippen molar-refractivity contribution in [2.75, 3.05) is 50.2 Å². The third kappa shape index (κ3) is 6.21. The van der Waals surface area contributed by atoms with E-state index < -0.39 is 20.5 Å². The molecular weight excluding hydrogens is 523 g/mol. The van der Waals surface area contributed by atoms with Crippen LogP contribution in [0.25, 0.3) is 10.1 Å². The van der Waals surface area contributed by atoms with Crippen molar-refractivity contribution in [2.24, 2.45) is 0 Å². The summed E-state index contributed by atoms with van der Waals surface area (Å²) < 4.78 is 44.3. The summed E-state index contributed by atoms with van der Waals surface area (Å²) in [5.74, 6) is 5.59. The minimum absolute atomic E-state index is 0.176. The van der Waals surface area contributed by atoms with Crippen LogP contribution in [-0.2, 0) is 16.3 Å². The van der Waals surface area contributed by atoms with Gasteiger partial charge in [0.15, 0.2) is 9.84 Å². The SMILES string of the molecule is CCN1CCC(Nc2cccc3c(CC#N)c(C#CCNc4cc(F)c(S(C)(=O)=O)cc4OC)sc23)CC1. The number of halogens is 1. The van der Waals surface area contributed by atoms with Crippen LogP contribution in [0.2, 0.25) is 0 Å². The van der Waals surface area contributed by atoms with Crippen LogP contribution in [-0.4, -0.2) is 58.9 Å². The zero-order valence-corrected chi connectivity index (χ0v) is 23.4. The molecule has 1 aromatic heterocycles. The first-order valence-electron chi connectivity index (χ1n) is 12.5. The minimum atomic E-state index is -3.73. The molecule has 2 heterocycles. The molecule has 2 N–H and O–H groups in total. The van der Waals surface area contributed by atoms with Crippen molar-refractivity contribution in [2.45, 2.75) is 37.1 Å². The molecule has 0 bridgehead atoms. The number of hydrogen-bond acceptors (Lipinski definition) is 8. The van der Waals surface area contributed by atoms with Gasteiger partial charge in [-0.05, 0) is 25.5 Å². The van der Waals surface area contributed by atoms with Gasteiger partial charge in [0.1, 0.15) is 16.5 Å². The normalized spacial score (nSPS) is 14.5. The Morgan fingerprint density at radius 3 is 2.66 bits per heavy atom. The summed E-state index contributed by atoms with van der Waals surface area (Å²) in [5.41, 5.74) is 2.28. The fourth-order valence-electron chi connectivity index (χ4n) is 4.64. The summed E-state index contributed by atoms with van der Waals surface area (Å²) in [6.07, 6.45) is 3.38. The highest BCUT2D eigenvalue weighted by Gasteiger charge is 2.20. The van der Waals surface area contributed by atoms with Gasteiger partial charge in [0.2, 0.25) is 0 Å². The van der Waals surface area contributed by atoms with E-state index >= 15 is 0 Å². The number of fused-ring (bicyclic) bond motifs is 1. The molecule has 0 amide bonds. The lowest BCUT2D eigenvalue weighted by Crippen LogP contribution is -2.38. The number of nitrogens with one attached hydrogen (secondary N) is 2. The zero-order chi connectivity index (χ0) is 27.3. The molecule has 38 heavy (non-hydrogen) atoms. The fourth-order valence-corrected chi connectivity index (χ4v) is 6.55. The molecule has 3 aromatic rings. The first-order valence-corrected chi connectivity index (χ1v) is 15.2. The monoisotopic (exact) mass is 554 g/mol. The number of benzene rings is 2. The maximum absolute atomic E-state index is 14.4. The molecule has 200 valence electrons. The second kappa shape index (κ2) is 12.0. The minimum Gasteiger partial charge on any atom is -0.495 e. The quantitative estimate of drug-likeness (QED) is 0.384. The highest BCUT2D eigenvalue weighted by molar-refractivity contribution is 7.90. The number of thiophene rings is 1. The summed E-state index contributed by atoms with van der Waals surface area (Å²) >= 11 is 1.57. The molecule has 0 radical (unpaired) electrons. The van der Waals surface area contributed by atoms with Crippen LogP contribution in [0.1, 0.15) is 30.2 Å². The molecule has 0 unspecified atom stereocenters. The maximum atomic E-state index is 14.4. The maximum Gasteiger partial charge on any atom is 0.178 e. The highest BCUT2D eigenvalue weighted by Crippen LogP contribution is 2.37. The molecule has 7 nitrogen and oxygen atoms in total. The number of rotatable bonds is 8. The highest BCUT2D eigenvalue weighted by atomic mass is 32.2. The van der Waals surface area contributed by atoms with Crippen LogP contribution in [0.3, 0.4) is 0 Å². The molecule has 0 spiro atoms. The van der Waals surface area contributed by atoms with E-state index in [9.17, 15) is 18.1 Å². The van der Waals surface area contributed by atoms with Crippen molar-refractivity contribution >= 4 is 42.6 Å². The van der Waals surface area contributed by atoms with Crippen LogP contribution in [0.5, 0.6) is 5.75 Å². The molecule has 10 heteroatoms. The lowest BCUT2D eigenvalue weighted by atomic mass is 10.0. The van der Waals surface area contributed by atoms with Gasteiger partial charge in [0, 0.05) is 48.5 Å². The summed E-state index contributed by atoms with van der Waals surface area (Å²) in [7, 11) is -2.34. The lowest BCUT2D eigenvalue weighted by molar-refractivity contribution is 0.229. The number of likely N-dealkylation sites (tertiary alicyclic amines) is 1. The smallest absolute Gasteiger partial charge is 0.178 e. The standard InChI is InChI=1S/C28H31FN4O3S2/c1-4-33-15-11-19(12-16-33)32-23-8-5-7-21-20(10-13-30)26(37-28(21)23)9-6-14-31-24-17-22(29)27(38(3,34)35)18-25(24)36-2/h5,7-8,17-19,31-32H,4,10-12,14-16H2,1-3H3. The Morgan fingerprint density at radius 1 is 1.24 bits per heavy atom. The number of piperidine rings is 1. The predicted octanol–water partition coefficient (Wildman–Crippen LogP) is 4.88. The molecule has 1 saturated heterocycles. The molecule has 0 saturated carbocycles. The summed E-state index contributed by atoms with van der Waals surface area (Å²) in [6, 6.07) is 11.1. The largest absolute Gasteiger partial charge is 0.495 e. The molecular formula is C28H31FN4O3S2. The second-order valence-corrected chi connectivity index (χ2v) is 12.2. The van der Waals surface area contributed by atoms with Crippen molar-refractivity contribution in [1.29, 1.82) is 5.26 Å². The van der Waals surface area contributed by atoms with E-state index in [1.165, 1.54) is 7.11 Å². The van der Waals surface area contributed by atoms with E-state index in [4.69, 9.17) is 4.74 Å². The number of ether oxygens (including phenoxy) is 1. The Morgan fingerprint density at radius 2 is 2.00 bits per heavy atom. The Hall–Kier alpha value is -3.31. The number of hydrogen-bond donors (Lipinski definition) is 2. The van der Waals surface area contributed by atoms with Gasteiger partial charge in [0.25, 0.3) is 0 Å². The van der Waals surface area contributed by atoms with Crippen LogP contribution in [0.4, 0.5) is 15.8 Å². The molecule has 0 atom stereocenters. The van der Waals surface area contributed by atoms with Crippen LogP contribution >= 0.6 is 11.3 Å². The van der Waals surface area contributed by atoms with Gasteiger partial charge in [-0.2, -0.15) is 5.26 Å². The van der Waals surface area contributed by atoms with E-state index in [2.05, 4.69) is 46.4 Å². The van der Waals surface area contributed by atoms with Gasteiger partial charge in [0.05, 0.1) is 47.1 Å². The topological polar surface area (TPSA) is 94.5 Å². The fraction of sp³-hybridized carbons (Fsp3) is 0.393. The van der Waals surface area contributed by atoms with Crippen LogP contribution in [0.15, 0.2) is 35.2 Å². The van der Waals surface area contributed by atoms with Crippen LogP contribution in [0, 0.1) is 29.0 Å². The van der Waals surface area contributed by atoms with E-state index in [0.717, 1.165) is 77.1 Å². The van der Waals surface area contributed by atoms with Crippen molar-refractivity contribution in [3.8, 4) is 23.7 Å². The number of anilines is 2. The average Bonchev–Trinajstić information content (AvgIpc) is 3.25. The van der Waals surface area contributed by atoms with Gasteiger partial charge >= 0.3 is 0 Å². The van der Waals surface area contributed by atoms with Crippen molar-refractivity contribution < 1.29 is 17.5 Å². The predicted molar refractivity (Wildman–Crippen MR) is 151 cm³/mol. The van der Waals surface area contributed by atoms with E-state index in [1.807, 2.05) is 12.1 Å². The van der Waals surface area contributed by atoms with Gasteiger partial charge in [-0.1, -0.05) is 30.9 Å². The number of nitrogens with zero attached hydrogens (tertiary/aromatic N) is 2. The van der Waals surface area contributed by atoms with E-state index in [-0.39, 0.29) is 18.7 Å². The third-order valence-electron chi connectivity index (χ3n) is 6.69. The Labute approximate surface area is 227 Å². The van der Waals surface area contributed by atoms with Crippen LogP contribution < -0.4 is 15.4 Å². The van der Waals surface area contributed by atoms with Gasteiger partial charge in [-0.25, -0.2) is 12.8 Å². The summed E-state index contributed by atoms with van der Waals surface area (Å²) in [6.45, 7) is 5.62. The lowest BCUT2D eigenvalue weighted by Gasteiger charge is -2.32. The molecule has 1 fully saturated rings. The number of nitriles is 1. The van der Waals surface area contributed by atoms with Gasteiger partial charge < -0.3 is 20.3 Å². The average molecular weight is 555 g/mol. The third-order valence-corrected chi connectivity index (χ3v) is 9.00. The zero-order valence-electron chi connectivity index (χ0n) is 21.7. The van der Waals surface area contributed by atoms with E-state index in [1.54, 1.807) is 11.3 Å². The van der Waals surface area contributed by atoms with Crippen molar-refractivity contribution in [1.82, 2.24) is 4.90 Å². The molecule has 4 rings (SSSR count). The Kier molecular flexibility index (Phi) is 8.78. The van der Waals surface area contributed by atoms with Crippen molar-refractivity contribution in [3.05, 3.63) is 46.6 Å². The summed E-state index contributed by atoms with van der Waals surface area (Å²) in [4.78, 5) is 2.86. The van der Waals surface area contributed by atoms with Gasteiger partial charge in [-0.3, -0.25) is 0 Å². The second-order valence-electron chi connectivity index (χ2n) is 9.19. The molecule has 0 aliphatic carbocycles. The molecule has 1 aliphatic heterocycles. The van der Waals surface area contributed by atoms with E-state index in [0.29, 0.717) is 11.7 Å². The number of sulfone groups is 1. The Balaban J connectivity index is 1.55. The first-order chi connectivity index (χ1) is 18.2. The van der Waals surface area contributed by atoms with Gasteiger partial charge in [-0.15, -0.1) is 11.3 Å². The summed E-state index contributed by atoms with van der Waals surface area (Å²) in [5, 5.41) is 17.2. The number of methoxy groups -OCH3 is 1.